The van der Waals surface area contributed by atoms with Crippen molar-refractivity contribution in [3.05, 3.63) is 65.6 Å². The van der Waals surface area contributed by atoms with E-state index >= 15 is 0 Å². The van der Waals surface area contributed by atoms with E-state index in [1.54, 1.807) is 18.5 Å². The van der Waals surface area contributed by atoms with E-state index in [0.717, 1.165) is 39.2 Å². The predicted molar refractivity (Wildman–Crippen MR) is 94.6 cm³/mol. The summed E-state index contributed by atoms with van der Waals surface area (Å²) in [5, 5.41) is 4.01. The molecule has 0 amide bonds. The Labute approximate surface area is 143 Å². The van der Waals surface area contributed by atoms with Gasteiger partial charge in [-0.05, 0) is 49.2 Å². The Hall–Kier alpha value is -3.15. The number of halogens is 1. The molecule has 0 spiro atoms. The summed E-state index contributed by atoms with van der Waals surface area (Å²) in [5.74, 6) is 0.505. The van der Waals surface area contributed by atoms with Gasteiger partial charge in [-0.2, -0.15) is 0 Å². The number of imidazole rings is 1. The Morgan fingerprint density at radius 1 is 1.16 bits per heavy atom. The molecule has 5 nitrogen and oxygen atoms in total. The van der Waals surface area contributed by atoms with E-state index < -0.39 is 0 Å². The van der Waals surface area contributed by atoms with Crippen LogP contribution in [0.2, 0.25) is 0 Å². The van der Waals surface area contributed by atoms with E-state index in [-0.39, 0.29) is 5.82 Å². The normalized spacial score (nSPS) is 11.3. The number of anilines is 1. The molecule has 2 aromatic heterocycles. The molecule has 0 aliphatic rings. The second-order valence-corrected chi connectivity index (χ2v) is 6.13. The Morgan fingerprint density at radius 3 is 2.60 bits per heavy atom. The monoisotopic (exact) mass is 336 g/mol. The van der Waals surface area contributed by atoms with Crippen LogP contribution in [0, 0.1) is 19.7 Å². The predicted octanol–water partition coefficient (Wildman–Crippen LogP) is 4.08. The number of hydrogen-bond acceptors (Lipinski definition) is 4. The zero-order valence-corrected chi connectivity index (χ0v) is 14.0. The first-order valence-electron chi connectivity index (χ1n) is 7.95. The maximum absolute atomic E-state index is 13.1. The highest BCUT2D eigenvalue weighted by molar-refractivity contribution is 5.92. The summed E-state index contributed by atoms with van der Waals surface area (Å²) in [6, 6.07) is 10.4. The molecule has 126 valence electrons. The molecule has 0 bridgehead atoms. The van der Waals surface area contributed by atoms with Crippen LogP contribution in [-0.2, 0) is 6.54 Å². The fourth-order valence-electron chi connectivity index (χ4n) is 3.14. The highest BCUT2D eigenvalue weighted by atomic mass is 19.1. The summed E-state index contributed by atoms with van der Waals surface area (Å²) >= 11 is 0. The highest BCUT2D eigenvalue weighted by Gasteiger charge is 2.15. The molecule has 0 atom stereocenters. The number of nitrogen functional groups attached to an aromatic ring is 1. The van der Waals surface area contributed by atoms with E-state index in [1.165, 1.54) is 12.1 Å². The number of aromatic nitrogens is 3. The van der Waals surface area contributed by atoms with Gasteiger partial charge in [-0.25, -0.2) is 9.37 Å². The molecule has 2 aromatic carbocycles. The Morgan fingerprint density at radius 2 is 1.92 bits per heavy atom. The van der Waals surface area contributed by atoms with Gasteiger partial charge >= 0.3 is 0 Å². The van der Waals surface area contributed by atoms with Crippen molar-refractivity contribution >= 4 is 16.7 Å². The van der Waals surface area contributed by atoms with E-state index in [9.17, 15) is 4.39 Å². The van der Waals surface area contributed by atoms with Crippen molar-refractivity contribution in [3.63, 3.8) is 0 Å². The molecule has 4 rings (SSSR count). The SMILES string of the molecule is Cc1noc(C)c1-c1cc(N)c2ncn(Cc3ccc(F)cc3)c2c1. The van der Waals surface area contributed by atoms with Crippen LogP contribution in [0.25, 0.3) is 22.2 Å². The molecule has 2 N–H and O–H groups in total. The van der Waals surface area contributed by atoms with Crippen LogP contribution in [0.15, 0.2) is 47.2 Å². The van der Waals surface area contributed by atoms with Crippen LogP contribution in [0.1, 0.15) is 17.0 Å². The summed E-state index contributed by atoms with van der Waals surface area (Å²) < 4.78 is 20.4. The summed E-state index contributed by atoms with van der Waals surface area (Å²) in [7, 11) is 0. The standard InChI is InChI=1S/C19H17FN4O/c1-11-18(12(2)25-23-11)14-7-16(21)19-17(8-14)24(10-22-19)9-13-3-5-15(20)6-4-13/h3-8,10H,9,21H2,1-2H3. The number of hydrogen-bond donors (Lipinski definition) is 1. The lowest BCUT2D eigenvalue weighted by atomic mass is 10.0. The maximum atomic E-state index is 13.1. The third-order valence-corrected chi connectivity index (χ3v) is 4.34. The Kier molecular flexibility index (Phi) is 3.53. The fourth-order valence-corrected chi connectivity index (χ4v) is 3.14. The molecule has 0 unspecified atom stereocenters. The van der Waals surface area contributed by atoms with E-state index in [2.05, 4.69) is 10.1 Å². The second-order valence-electron chi connectivity index (χ2n) is 6.13. The molecule has 0 aliphatic heterocycles. The van der Waals surface area contributed by atoms with Crippen molar-refractivity contribution in [3.8, 4) is 11.1 Å². The molecule has 0 fully saturated rings. The van der Waals surface area contributed by atoms with Crippen molar-refractivity contribution < 1.29 is 8.91 Å². The maximum Gasteiger partial charge on any atom is 0.141 e. The number of fused-ring (bicyclic) bond motifs is 1. The van der Waals surface area contributed by atoms with Gasteiger partial charge in [0, 0.05) is 12.1 Å². The van der Waals surface area contributed by atoms with Crippen molar-refractivity contribution in [1.29, 1.82) is 0 Å². The minimum absolute atomic E-state index is 0.246. The van der Waals surface area contributed by atoms with Crippen LogP contribution < -0.4 is 5.73 Å². The quantitative estimate of drug-likeness (QED) is 0.572. The molecule has 2 heterocycles. The molecular weight excluding hydrogens is 319 g/mol. The molecule has 4 aromatic rings. The average molecular weight is 336 g/mol. The molecule has 25 heavy (non-hydrogen) atoms. The second kappa shape index (κ2) is 5.73. The number of nitrogens with two attached hydrogens (primary N) is 1. The van der Waals surface area contributed by atoms with Gasteiger partial charge in [0.2, 0.25) is 0 Å². The van der Waals surface area contributed by atoms with E-state index in [4.69, 9.17) is 10.3 Å². The Bertz CT molecular complexity index is 1040. The van der Waals surface area contributed by atoms with Crippen LogP contribution in [-0.4, -0.2) is 14.7 Å². The summed E-state index contributed by atoms with van der Waals surface area (Å²) in [6.45, 7) is 4.37. The van der Waals surface area contributed by atoms with E-state index in [0.29, 0.717) is 12.2 Å². The first-order valence-corrected chi connectivity index (χ1v) is 7.95. The summed E-state index contributed by atoms with van der Waals surface area (Å²) in [6.07, 6.45) is 1.75. The van der Waals surface area contributed by atoms with E-state index in [1.807, 2.05) is 30.5 Å². The largest absolute Gasteiger partial charge is 0.397 e. The van der Waals surface area contributed by atoms with Gasteiger partial charge in [0.15, 0.2) is 0 Å². The first kappa shape index (κ1) is 15.4. The number of benzene rings is 2. The summed E-state index contributed by atoms with van der Waals surface area (Å²) in [5.41, 5.74) is 12.2. The van der Waals surface area contributed by atoms with Gasteiger partial charge in [0.25, 0.3) is 0 Å². The highest BCUT2D eigenvalue weighted by Crippen LogP contribution is 2.32. The summed E-state index contributed by atoms with van der Waals surface area (Å²) in [4.78, 5) is 4.42. The van der Waals surface area contributed by atoms with Gasteiger partial charge in [-0.15, -0.1) is 0 Å². The van der Waals surface area contributed by atoms with Gasteiger partial charge in [0.05, 0.1) is 23.2 Å². The number of aryl methyl sites for hydroxylation is 2. The van der Waals surface area contributed by atoms with Crippen molar-refractivity contribution in [2.45, 2.75) is 20.4 Å². The number of nitrogens with zero attached hydrogens (tertiary/aromatic N) is 3. The van der Waals surface area contributed by atoms with Crippen LogP contribution >= 0.6 is 0 Å². The molecule has 0 saturated heterocycles. The van der Waals surface area contributed by atoms with Crippen molar-refractivity contribution in [1.82, 2.24) is 14.7 Å². The lowest BCUT2D eigenvalue weighted by Crippen LogP contribution is -1.99. The van der Waals surface area contributed by atoms with Crippen molar-refractivity contribution in [2.75, 3.05) is 5.73 Å². The zero-order chi connectivity index (χ0) is 17.6. The van der Waals surface area contributed by atoms with Crippen LogP contribution in [0.4, 0.5) is 10.1 Å². The molecule has 0 saturated carbocycles. The topological polar surface area (TPSA) is 69.9 Å². The lowest BCUT2D eigenvalue weighted by molar-refractivity contribution is 0.393. The third kappa shape index (κ3) is 2.65. The Balaban J connectivity index is 1.83. The third-order valence-electron chi connectivity index (χ3n) is 4.34. The first-order chi connectivity index (χ1) is 12.0. The van der Waals surface area contributed by atoms with Crippen LogP contribution in [0.3, 0.4) is 0 Å². The smallest absolute Gasteiger partial charge is 0.141 e. The minimum atomic E-state index is -0.246. The molecular formula is C19H17FN4O. The zero-order valence-electron chi connectivity index (χ0n) is 14.0. The fraction of sp³-hybridized carbons (Fsp3) is 0.158. The minimum Gasteiger partial charge on any atom is -0.397 e. The van der Waals surface area contributed by atoms with Crippen molar-refractivity contribution in [2.24, 2.45) is 0 Å². The van der Waals surface area contributed by atoms with Crippen LogP contribution in [0.5, 0.6) is 0 Å². The molecule has 6 heteroatoms. The number of rotatable bonds is 3. The molecule has 0 radical (unpaired) electrons. The van der Waals surface area contributed by atoms with Gasteiger partial charge in [-0.3, -0.25) is 0 Å². The van der Waals surface area contributed by atoms with Gasteiger partial charge in [-0.1, -0.05) is 17.3 Å². The molecule has 0 aliphatic carbocycles. The lowest BCUT2D eigenvalue weighted by Gasteiger charge is -2.08. The van der Waals surface area contributed by atoms with Gasteiger partial charge < -0.3 is 14.8 Å². The average Bonchev–Trinajstić information content (AvgIpc) is 3.13. The van der Waals surface area contributed by atoms with Gasteiger partial charge in [0.1, 0.15) is 17.1 Å².